The number of nitrogens with zero attached hydrogens (tertiary/aromatic N) is 1. The van der Waals surface area contributed by atoms with E-state index < -0.39 is 10.2 Å². The Labute approximate surface area is 84.4 Å². The molecule has 0 radical (unpaired) electrons. The van der Waals surface area contributed by atoms with Gasteiger partial charge in [0.15, 0.2) is 0 Å². The fourth-order valence-electron chi connectivity index (χ4n) is 1.50. The van der Waals surface area contributed by atoms with Gasteiger partial charge in [-0.3, -0.25) is 0 Å². The molecule has 1 saturated heterocycles. The molecular formula is C7H17N3O3S. The zero-order valence-corrected chi connectivity index (χ0v) is 8.87. The lowest BCUT2D eigenvalue weighted by atomic mass is 10.1. The Bertz CT molecular complexity index is 267. The molecule has 84 valence electrons. The molecule has 0 aliphatic carbocycles. The van der Waals surface area contributed by atoms with Gasteiger partial charge in [-0.05, 0) is 12.3 Å². The van der Waals surface area contributed by atoms with Gasteiger partial charge < -0.3 is 10.5 Å². The Morgan fingerprint density at radius 2 is 2.21 bits per heavy atom. The molecule has 1 aliphatic heterocycles. The Hall–Kier alpha value is -0.210. The second-order valence-electron chi connectivity index (χ2n) is 3.42. The second-order valence-corrected chi connectivity index (χ2v) is 4.97. The van der Waals surface area contributed by atoms with Crippen LogP contribution in [0.25, 0.3) is 0 Å². The predicted molar refractivity (Wildman–Crippen MR) is 52.7 cm³/mol. The SMILES string of the molecule is NCCOCC1CCN(S(N)(=O)=O)C1. The van der Waals surface area contributed by atoms with E-state index in [1.165, 1.54) is 4.31 Å². The predicted octanol–water partition coefficient (Wildman–Crippen LogP) is -1.51. The minimum atomic E-state index is -3.51. The van der Waals surface area contributed by atoms with Crippen molar-refractivity contribution in [2.24, 2.45) is 16.8 Å². The highest BCUT2D eigenvalue weighted by Crippen LogP contribution is 2.17. The van der Waals surface area contributed by atoms with Crippen molar-refractivity contribution in [3.63, 3.8) is 0 Å². The van der Waals surface area contributed by atoms with Gasteiger partial charge in [0.05, 0.1) is 13.2 Å². The standard InChI is InChI=1S/C7H17N3O3S/c8-2-4-13-6-7-1-3-10(5-7)14(9,11)12/h7H,1-6,8H2,(H2,9,11,12). The summed E-state index contributed by atoms with van der Waals surface area (Å²) in [6.07, 6.45) is 0.807. The molecule has 1 atom stereocenters. The minimum Gasteiger partial charge on any atom is -0.380 e. The van der Waals surface area contributed by atoms with Gasteiger partial charge in [-0.1, -0.05) is 0 Å². The number of nitrogens with two attached hydrogens (primary N) is 2. The lowest BCUT2D eigenvalue weighted by molar-refractivity contribution is 0.110. The lowest BCUT2D eigenvalue weighted by Gasteiger charge is -2.12. The Kier molecular flexibility index (Phi) is 4.27. The Morgan fingerprint density at radius 1 is 1.50 bits per heavy atom. The number of rotatable bonds is 5. The van der Waals surface area contributed by atoms with E-state index in [-0.39, 0.29) is 5.92 Å². The Morgan fingerprint density at radius 3 is 2.71 bits per heavy atom. The maximum Gasteiger partial charge on any atom is 0.276 e. The van der Waals surface area contributed by atoms with Crippen molar-refractivity contribution in [3.8, 4) is 0 Å². The maximum atomic E-state index is 11.0. The van der Waals surface area contributed by atoms with Crippen LogP contribution in [0.3, 0.4) is 0 Å². The molecule has 1 unspecified atom stereocenters. The zero-order valence-electron chi connectivity index (χ0n) is 8.05. The van der Waals surface area contributed by atoms with Gasteiger partial charge in [0.25, 0.3) is 10.2 Å². The van der Waals surface area contributed by atoms with E-state index in [1.807, 2.05) is 0 Å². The summed E-state index contributed by atoms with van der Waals surface area (Å²) in [6, 6.07) is 0. The highest BCUT2D eigenvalue weighted by molar-refractivity contribution is 7.86. The molecule has 1 heterocycles. The van der Waals surface area contributed by atoms with Crippen LogP contribution in [-0.2, 0) is 14.9 Å². The van der Waals surface area contributed by atoms with Crippen molar-refractivity contribution < 1.29 is 13.2 Å². The van der Waals surface area contributed by atoms with Crippen molar-refractivity contribution >= 4 is 10.2 Å². The molecule has 4 N–H and O–H groups in total. The van der Waals surface area contributed by atoms with Crippen LogP contribution in [0.15, 0.2) is 0 Å². The van der Waals surface area contributed by atoms with Gasteiger partial charge in [-0.25, -0.2) is 5.14 Å². The van der Waals surface area contributed by atoms with Gasteiger partial charge >= 0.3 is 0 Å². The zero-order chi connectivity index (χ0) is 10.6. The minimum absolute atomic E-state index is 0.250. The quantitative estimate of drug-likeness (QED) is 0.553. The molecule has 0 saturated carbocycles. The van der Waals surface area contributed by atoms with Crippen LogP contribution in [0, 0.1) is 5.92 Å². The molecule has 7 heteroatoms. The highest BCUT2D eigenvalue weighted by atomic mass is 32.2. The van der Waals surface area contributed by atoms with Crippen molar-refractivity contribution in [1.29, 1.82) is 0 Å². The van der Waals surface area contributed by atoms with Crippen LogP contribution in [0.1, 0.15) is 6.42 Å². The summed E-state index contributed by atoms with van der Waals surface area (Å²) in [4.78, 5) is 0. The van der Waals surface area contributed by atoms with Crippen molar-refractivity contribution in [3.05, 3.63) is 0 Å². The molecule has 0 bridgehead atoms. The van der Waals surface area contributed by atoms with Gasteiger partial charge in [0.2, 0.25) is 0 Å². The van der Waals surface area contributed by atoms with E-state index in [0.29, 0.717) is 32.8 Å². The average molecular weight is 223 g/mol. The first-order valence-corrected chi connectivity index (χ1v) is 6.10. The largest absolute Gasteiger partial charge is 0.380 e. The Balaban J connectivity index is 2.28. The van der Waals surface area contributed by atoms with E-state index in [4.69, 9.17) is 15.6 Å². The van der Waals surface area contributed by atoms with Gasteiger partial charge in [-0.15, -0.1) is 0 Å². The molecule has 1 rings (SSSR count). The molecule has 0 spiro atoms. The van der Waals surface area contributed by atoms with Crippen LogP contribution in [0.5, 0.6) is 0 Å². The molecule has 1 aliphatic rings. The fraction of sp³-hybridized carbons (Fsp3) is 1.00. The van der Waals surface area contributed by atoms with E-state index in [2.05, 4.69) is 0 Å². The van der Waals surface area contributed by atoms with Crippen LogP contribution in [0.2, 0.25) is 0 Å². The maximum absolute atomic E-state index is 11.0. The molecular weight excluding hydrogens is 206 g/mol. The smallest absolute Gasteiger partial charge is 0.276 e. The third kappa shape index (κ3) is 3.50. The number of hydrogen-bond donors (Lipinski definition) is 2. The first-order valence-electron chi connectivity index (χ1n) is 4.59. The summed E-state index contributed by atoms with van der Waals surface area (Å²) in [5, 5.41) is 5.00. The van der Waals surface area contributed by atoms with Crippen LogP contribution in [0.4, 0.5) is 0 Å². The molecule has 6 nitrogen and oxygen atoms in total. The first-order chi connectivity index (χ1) is 6.54. The van der Waals surface area contributed by atoms with E-state index in [9.17, 15) is 8.42 Å². The fourth-order valence-corrected chi connectivity index (χ4v) is 2.28. The molecule has 0 aromatic carbocycles. The summed E-state index contributed by atoms with van der Waals surface area (Å²) in [6.45, 7) is 2.53. The normalized spacial score (nSPS) is 24.3. The van der Waals surface area contributed by atoms with E-state index in [1.54, 1.807) is 0 Å². The summed E-state index contributed by atoms with van der Waals surface area (Å²) >= 11 is 0. The monoisotopic (exact) mass is 223 g/mol. The van der Waals surface area contributed by atoms with E-state index >= 15 is 0 Å². The molecule has 0 aromatic rings. The van der Waals surface area contributed by atoms with Crippen molar-refractivity contribution in [2.75, 3.05) is 32.8 Å². The number of ether oxygens (including phenoxy) is 1. The van der Waals surface area contributed by atoms with Crippen LogP contribution >= 0.6 is 0 Å². The van der Waals surface area contributed by atoms with Gasteiger partial charge in [0.1, 0.15) is 0 Å². The third-order valence-electron chi connectivity index (χ3n) is 2.22. The van der Waals surface area contributed by atoms with Crippen LogP contribution in [-0.4, -0.2) is 45.6 Å². The second kappa shape index (κ2) is 5.04. The van der Waals surface area contributed by atoms with Crippen molar-refractivity contribution in [1.82, 2.24) is 4.31 Å². The van der Waals surface area contributed by atoms with Crippen molar-refractivity contribution in [2.45, 2.75) is 6.42 Å². The summed E-state index contributed by atoms with van der Waals surface area (Å²) in [7, 11) is -3.51. The summed E-state index contributed by atoms with van der Waals surface area (Å²) in [5.41, 5.74) is 5.26. The molecule has 1 fully saturated rings. The summed E-state index contributed by atoms with van der Waals surface area (Å²) in [5.74, 6) is 0.250. The van der Waals surface area contributed by atoms with Gasteiger partial charge in [0, 0.05) is 19.6 Å². The molecule has 14 heavy (non-hydrogen) atoms. The average Bonchev–Trinajstić information content (AvgIpc) is 2.52. The third-order valence-corrected chi connectivity index (χ3v) is 3.28. The van der Waals surface area contributed by atoms with Crippen LogP contribution < -0.4 is 10.9 Å². The highest BCUT2D eigenvalue weighted by Gasteiger charge is 2.28. The molecule has 0 aromatic heterocycles. The summed E-state index contributed by atoms with van der Waals surface area (Å²) < 4.78 is 28.4. The van der Waals surface area contributed by atoms with E-state index in [0.717, 1.165) is 6.42 Å². The lowest BCUT2D eigenvalue weighted by Crippen LogP contribution is -2.35. The first kappa shape index (κ1) is 11.9. The molecule has 0 amide bonds. The van der Waals surface area contributed by atoms with Gasteiger partial charge in [-0.2, -0.15) is 12.7 Å². The number of hydrogen-bond acceptors (Lipinski definition) is 4. The topological polar surface area (TPSA) is 98.7 Å².